The molecule has 0 fully saturated rings. The smallest absolute Gasteiger partial charge is 0.340 e. The average molecular weight is 352 g/mol. The lowest BCUT2D eigenvalue weighted by Gasteiger charge is -2.16. The van der Waals surface area contributed by atoms with E-state index in [9.17, 15) is 36.1 Å². The molecule has 0 radical (unpaired) electrons. The minimum absolute atomic E-state index is 0.470. The number of non-ortho nitro benzene ring substituents is 1. The van der Waals surface area contributed by atoms with Gasteiger partial charge in [-0.15, -0.1) is 0 Å². The molecule has 12 heteroatoms. The summed E-state index contributed by atoms with van der Waals surface area (Å²) in [6.45, 7) is -1.82. The Kier molecular flexibility index (Phi) is 4.99. The fourth-order valence-electron chi connectivity index (χ4n) is 1.16. The molecule has 21 heavy (non-hydrogen) atoms. The van der Waals surface area contributed by atoms with Crippen molar-refractivity contribution >= 4 is 25.4 Å². The van der Waals surface area contributed by atoms with E-state index in [1.54, 1.807) is 0 Å². The van der Waals surface area contributed by atoms with Crippen molar-refractivity contribution in [2.24, 2.45) is 0 Å². The third-order valence-corrected chi connectivity index (χ3v) is 3.48. The van der Waals surface area contributed by atoms with Crippen molar-refractivity contribution in [2.45, 2.75) is 17.2 Å². The van der Waals surface area contributed by atoms with Gasteiger partial charge in [-0.25, -0.2) is 17.2 Å². The SMILES string of the molecule is O=[N+]([O-])c1ccc(OCC(F)(F)C(F)F)c(S(=O)(=O)Cl)c1. The van der Waals surface area contributed by atoms with Crippen LogP contribution in [0.15, 0.2) is 23.1 Å². The molecule has 0 amide bonds. The van der Waals surface area contributed by atoms with Crippen molar-refractivity contribution < 1.29 is 35.6 Å². The summed E-state index contributed by atoms with van der Waals surface area (Å²) in [5.41, 5.74) is -0.692. The van der Waals surface area contributed by atoms with E-state index in [1.807, 2.05) is 0 Å². The first kappa shape index (κ1) is 17.4. The normalized spacial score (nSPS) is 12.5. The maximum Gasteiger partial charge on any atom is 0.340 e. The van der Waals surface area contributed by atoms with Crippen molar-refractivity contribution in [2.75, 3.05) is 6.61 Å². The van der Waals surface area contributed by atoms with Crippen LogP contribution in [0.2, 0.25) is 0 Å². The first-order chi connectivity index (χ1) is 9.45. The van der Waals surface area contributed by atoms with E-state index in [2.05, 4.69) is 4.74 Å². The molecular weight excluding hydrogens is 346 g/mol. The molecule has 1 rings (SSSR count). The lowest BCUT2D eigenvalue weighted by Crippen LogP contribution is -2.33. The summed E-state index contributed by atoms with van der Waals surface area (Å²) >= 11 is 0. The van der Waals surface area contributed by atoms with Crippen LogP contribution >= 0.6 is 10.7 Å². The van der Waals surface area contributed by atoms with Crippen LogP contribution in [0.3, 0.4) is 0 Å². The molecule has 0 aliphatic heterocycles. The summed E-state index contributed by atoms with van der Waals surface area (Å²) in [5.74, 6) is -5.31. The Morgan fingerprint density at radius 3 is 2.38 bits per heavy atom. The molecule has 0 unspecified atom stereocenters. The van der Waals surface area contributed by atoms with Crippen LogP contribution in [-0.2, 0) is 9.05 Å². The standard InChI is InChI=1S/C9H6ClF4NO5S/c10-21(18,19)7-3-5(15(16)17)1-2-6(7)20-4-9(13,14)8(11)12/h1-3,8H,4H2. The van der Waals surface area contributed by atoms with Crippen molar-refractivity contribution in [3.8, 4) is 5.75 Å². The molecule has 0 aliphatic carbocycles. The summed E-state index contributed by atoms with van der Waals surface area (Å²) in [5, 5.41) is 10.5. The number of nitrogens with zero attached hydrogens (tertiary/aromatic N) is 1. The molecule has 0 spiro atoms. The zero-order valence-corrected chi connectivity index (χ0v) is 11.4. The number of rotatable bonds is 6. The van der Waals surface area contributed by atoms with E-state index < -0.39 is 49.3 Å². The predicted molar refractivity (Wildman–Crippen MR) is 62.6 cm³/mol. The first-order valence-electron chi connectivity index (χ1n) is 4.97. The summed E-state index contributed by atoms with van der Waals surface area (Å²) in [4.78, 5) is 8.58. The van der Waals surface area contributed by atoms with Gasteiger partial charge in [0.15, 0.2) is 6.61 Å². The first-order valence-corrected chi connectivity index (χ1v) is 7.28. The molecule has 0 bridgehead atoms. The number of nitro groups is 1. The van der Waals surface area contributed by atoms with Crippen molar-refractivity contribution in [3.05, 3.63) is 28.3 Å². The highest BCUT2D eigenvalue weighted by molar-refractivity contribution is 8.13. The minimum atomic E-state index is -4.57. The summed E-state index contributed by atoms with van der Waals surface area (Å²) in [7, 11) is 0.420. The largest absolute Gasteiger partial charge is 0.486 e. The molecule has 1 aromatic carbocycles. The summed E-state index contributed by atoms with van der Waals surface area (Å²) in [6.07, 6.45) is -4.02. The van der Waals surface area contributed by atoms with Crippen LogP contribution in [0, 0.1) is 10.1 Å². The maximum atomic E-state index is 12.7. The molecule has 0 saturated heterocycles. The van der Waals surface area contributed by atoms with Gasteiger partial charge in [0.05, 0.1) is 4.92 Å². The van der Waals surface area contributed by atoms with E-state index in [4.69, 9.17) is 10.7 Å². The molecule has 6 nitrogen and oxygen atoms in total. The van der Waals surface area contributed by atoms with E-state index >= 15 is 0 Å². The molecule has 0 aliphatic rings. The predicted octanol–water partition coefficient (Wildman–Crippen LogP) is 2.80. The van der Waals surface area contributed by atoms with E-state index in [1.165, 1.54) is 0 Å². The Morgan fingerprint density at radius 2 is 1.95 bits per heavy atom. The lowest BCUT2D eigenvalue weighted by atomic mass is 10.3. The molecule has 1 aromatic rings. The van der Waals surface area contributed by atoms with Crippen molar-refractivity contribution in [1.29, 1.82) is 0 Å². The van der Waals surface area contributed by atoms with Crippen LogP contribution < -0.4 is 4.74 Å². The zero-order valence-electron chi connectivity index (χ0n) is 9.80. The van der Waals surface area contributed by atoms with Gasteiger partial charge in [0.1, 0.15) is 10.6 Å². The molecule has 0 aromatic heterocycles. The highest BCUT2D eigenvalue weighted by Crippen LogP contribution is 2.32. The maximum absolute atomic E-state index is 12.7. The molecule has 0 atom stereocenters. The number of hydrogen-bond acceptors (Lipinski definition) is 5. The molecule has 0 saturated carbocycles. The topological polar surface area (TPSA) is 86.5 Å². The van der Waals surface area contributed by atoms with Crippen LogP contribution in [0.1, 0.15) is 0 Å². The molecular formula is C9H6ClF4NO5S. The number of hydrogen-bond donors (Lipinski definition) is 0. The second-order valence-electron chi connectivity index (χ2n) is 3.68. The Bertz CT molecular complexity index is 652. The number of alkyl halides is 4. The zero-order chi connectivity index (χ0) is 16.4. The molecule has 0 N–H and O–H groups in total. The average Bonchev–Trinajstić information content (AvgIpc) is 2.34. The lowest BCUT2D eigenvalue weighted by molar-refractivity contribution is -0.385. The second-order valence-corrected chi connectivity index (χ2v) is 6.21. The van der Waals surface area contributed by atoms with Crippen LogP contribution in [0.5, 0.6) is 5.75 Å². The fraction of sp³-hybridized carbons (Fsp3) is 0.333. The van der Waals surface area contributed by atoms with Gasteiger partial charge >= 0.3 is 12.3 Å². The van der Waals surface area contributed by atoms with Crippen molar-refractivity contribution in [3.63, 3.8) is 0 Å². The third kappa shape index (κ3) is 4.43. The third-order valence-electron chi connectivity index (χ3n) is 2.14. The van der Waals surface area contributed by atoms with Crippen LogP contribution in [0.4, 0.5) is 23.2 Å². The number of nitro benzene ring substituents is 1. The molecule has 118 valence electrons. The molecule has 0 heterocycles. The Balaban J connectivity index is 3.16. The Hall–Kier alpha value is -1.62. The monoisotopic (exact) mass is 351 g/mol. The Labute approximate surface area is 119 Å². The van der Waals surface area contributed by atoms with E-state index in [0.29, 0.717) is 12.1 Å². The minimum Gasteiger partial charge on any atom is -0.486 e. The van der Waals surface area contributed by atoms with Gasteiger partial charge < -0.3 is 4.74 Å². The van der Waals surface area contributed by atoms with E-state index in [0.717, 1.165) is 6.07 Å². The van der Waals surface area contributed by atoms with Crippen LogP contribution in [-0.4, -0.2) is 32.3 Å². The number of halogens is 5. The highest BCUT2D eigenvalue weighted by atomic mass is 35.7. The van der Waals surface area contributed by atoms with Gasteiger partial charge in [-0.3, -0.25) is 10.1 Å². The van der Waals surface area contributed by atoms with Gasteiger partial charge in [-0.1, -0.05) is 0 Å². The van der Waals surface area contributed by atoms with Gasteiger partial charge in [-0.2, -0.15) is 8.78 Å². The van der Waals surface area contributed by atoms with Gasteiger partial charge in [0.25, 0.3) is 14.7 Å². The fourth-order valence-corrected chi connectivity index (χ4v) is 2.15. The van der Waals surface area contributed by atoms with Crippen molar-refractivity contribution in [1.82, 2.24) is 0 Å². The quantitative estimate of drug-likeness (QED) is 0.340. The van der Waals surface area contributed by atoms with Gasteiger partial charge in [0.2, 0.25) is 0 Å². The number of benzene rings is 1. The summed E-state index contributed by atoms with van der Waals surface area (Å²) in [6, 6.07) is 1.90. The second kappa shape index (κ2) is 6.02. The highest BCUT2D eigenvalue weighted by Gasteiger charge is 2.42. The van der Waals surface area contributed by atoms with Gasteiger partial charge in [-0.05, 0) is 6.07 Å². The van der Waals surface area contributed by atoms with E-state index in [-0.39, 0.29) is 0 Å². The number of ether oxygens (including phenoxy) is 1. The van der Waals surface area contributed by atoms with Crippen LogP contribution in [0.25, 0.3) is 0 Å². The Morgan fingerprint density at radius 1 is 1.38 bits per heavy atom. The van der Waals surface area contributed by atoms with Gasteiger partial charge in [0, 0.05) is 22.8 Å². The summed E-state index contributed by atoms with van der Waals surface area (Å²) < 4.78 is 76.1.